The van der Waals surface area contributed by atoms with Crippen molar-refractivity contribution in [2.24, 2.45) is 7.05 Å². The molecular weight excluding hydrogens is 345 g/mol. The van der Waals surface area contributed by atoms with Gasteiger partial charge in [-0.05, 0) is 30.0 Å². The number of carbonyl (C=O) groups is 1. The van der Waals surface area contributed by atoms with Crippen LogP contribution >= 0.6 is 11.8 Å². The fourth-order valence-electron chi connectivity index (χ4n) is 2.23. The van der Waals surface area contributed by atoms with E-state index in [-0.39, 0.29) is 28.5 Å². The molecule has 0 unspecified atom stereocenters. The highest BCUT2D eigenvalue weighted by Gasteiger charge is 2.31. The number of ether oxygens (including phenoxy) is 2. The first-order valence-corrected chi connectivity index (χ1v) is 8.14. The Morgan fingerprint density at radius 3 is 2.62 bits per heavy atom. The second-order valence-corrected chi connectivity index (χ2v) is 5.69. The Balaban J connectivity index is 2.43. The van der Waals surface area contributed by atoms with E-state index >= 15 is 0 Å². The minimum absolute atomic E-state index is 0.242. The Hall–Kier alpha value is -2.16. The van der Waals surface area contributed by atoms with Crippen LogP contribution in [0.4, 0.5) is 13.2 Å². The van der Waals surface area contributed by atoms with E-state index in [1.54, 1.807) is 13.3 Å². The number of aromatic nitrogens is 2. The molecule has 0 N–H and O–H groups in total. The van der Waals surface area contributed by atoms with Gasteiger partial charge in [0.1, 0.15) is 11.3 Å². The van der Waals surface area contributed by atoms with Gasteiger partial charge in [0.25, 0.3) is 0 Å². The quantitative estimate of drug-likeness (QED) is 0.739. The number of aryl methyl sites for hydroxylation is 1. The summed E-state index contributed by atoms with van der Waals surface area (Å²) in [5.74, 6) is -0.0897. The SMILES string of the molecule is COc1c(C(=O)c2ccc(OC(F)(F)F)cc2CSC)cnn1C. The lowest BCUT2D eigenvalue weighted by molar-refractivity contribution is -0.274. The molecule has 2 rings (SSSR count). The van der Waals surface area contributed by atoms with Crippen LogP contribution in [-0.4, -0.2) is 35.3 Å². The molecule has 5 nitrogen and oxygen atoms in total. The van der Waals surface area contributed by atoms with Crippen LogP contribution < -0.4 is 9.47 Å². The van der Waals surface area contributed by atoms with Crippen molar-refractivity contribution in [1.29, 1.82) is 0 Å². The third-order valence-corrected chi connectivity index (χ3v) is 3.78. The number of nitrogens with zero attached hydrogens (tertiary/aromatic N) is 2. The van der Waals surface area contributed by atoms with Gasteiger partial charge in [0.15, 0.2) is 5.78 Å². The first kappa shape index (κ1) is 18.2. The topological polar surface area (TPSA) is 53.4 Å². The number of methoxy groups -OCH3 is 1. The van der Waals surface area contributed by atoms with Gasteiger partial charge in [0.2, 0.25) is 5.88 Å². The van der Waals surface area contributed by atoms with Crippen LogP contribution in [0.15, 0.2) is 24.4 Å². The van der Waals surface area contributed by atoms with Crippen molar-refractivity contribution < 1.29 is 27.4 Å². The number of thioether (sulfide) groups is 1. The highest BCUT2D eigenvalue weighted by Crippen LogP contribution is 2.29. The number of hydrogen-bond acceptors (Lipinski definition) is 5. The van der Waals surface area contributed by atoms with Gasteiger partial charge in [-0.3, -0.25) is 4.79 Å². The minimum Gasteiger partial charge on any atom is -0.481 e. The number of alkyl halides is 3. The summed E-state index contributed by atoms with van der Waals surface area (Å²) in [5, 5.41) is 3.97. The summed E-state index contributed by atoms with van der Waals surface area (Å²) in [7, 11) is 3.04. The summed E-state index contributed by atoms with van der Waals surface area (Å²) in [4.78, 5) is 12.7. The van der Waals surface area contributed by atoms with Crippen LogP contribution in [0, 0.1) is 0 Å². The lowest BCUT2D eigenvalue weighted by Gasteiger charge is -2.13. The highest BCUT2D eigenvalue weighted by molar-refractivity contribution is 7.97. The van der Waals surface area contributed by atoms with Crippen LogP contribution in [-0.2, 0) is 12.8 Å². The van der Waals surface area contributed by atoms with E-state index in [9.17, 15) is 18.0 Å². The van der Waals surface area contributed by atoms with Crippen LogP contribution in [0.25, 0.3) is 0 Å². The molecule has 0 bridgehead atoms. The zero-order valence-electron chi connectivity index (χ0n) is 13.2. The second-order valence-electron chi connectivity index (χ2n) is 4.82. The zero-order chi connectivity index (χ0) is 17.9. The van der Waals surface area contributed by atoms with Gasteiger partial charge in [-0.15, -0.1) is 13.2 Å². The van der Waals surface area contributed by atoms with Crippen molar-refractivity contribution in [2.45, 2.75) is 12.1 Å². The number of benzene rings is 1. The molecule has 1 aromatic carbocycles. The predicted molar refractivity (Wildman–Crippen MR) is 83.5 cm³/mol. The van der Waals surface area contributed by atoms with Crippen molar-refractivity contribution in [3.05, 3.63) is 41.1 Å². The molecule has 9 heteroatoms. The van der Waals surface area contributed by atoms with E-state index in [4.69, 9.17) is 4.74 Å². The molecule has 0 atom stereocenters. The first-order chi connectivity index (χ1) is 11.3. The van der Waals surface area contributed by atoms with Crippen molar-refractivity contribution in [3.8, 4) is 11.6 Å². The minimum atomic E-state index is -4.78. The van der Waals surface area contributed by atoms with Crippen LogP contribution in [0.2, 0.25) is 0 Å². The molecule has 0 fully saturated rings. The lowest BCUT2D eigenvalue weighted by atomic mass is 10.0. The molecule has 0 spiro atoms. The van der Waals surface area contributed by atoms with Crippen LogP contribution in [0.1, 0.15) is 21.5 Å². The Morgan fingerprint density at radius 2 is 2.04 bits per heavy atom. The van der Waals surface area contributed by atoms with Crippen molar-refractivity contribution in [3.63, 3.8) is 0 Å². The van der Waals surface area contributed by atoms with Gasteiger partial charge < -0.3 is 9.47 Å². The summed E-state index contributed by atoms with van der Waals surface area (Å²) in [6.45, 7) is 0. The highest BCUT2D eigenvalue weighted by atomic mass is 32.2. The molecule has 1 aromatic heterocycles. The van der Waals surface area contributed by atoms with E-state index in [0.29, 0.717) is 11.3 Å². The van der Waals surface area contributed by atoms with Crippen molar-refractivity contribution >= 4 is 17.5 Å². The lowest BCUT2D eigenvalue weighted by Crippen LogP contribution is -2.17. The maximum absolute atomic E-state index is 12.7. The Morgan fingerprint density at radius 1 is 1.33 bits per heavy atom. The summed E-state index contributed by atoms with van der Waals surface area (Å²) in [5.41, 5.74) is 0.970. The number of ketones is 1. The second kappa shape index (κ2) is 7.16. The van der Waals surface area contributed by atoms with E-state index in [0.717, 1.165) is 6.07 Å². The first-order valence-electron chi connectivity index (χ1n) is 6.75. The molecule has 0 saturated carbocycles. The molecular formula is C15H15F3N2O3S. The van der Waals surface area contributed by atoms with E-state index < -0.39 is 6.36 Å². The summed E-state index contributed by atoms with van der Waals surface area (Å²) < 4.78 is 47.6. The maximum atomic E-state index is 12.7. The fourth-order valence-corrected chi connectivity index (χ4v) is 2.78. The molecule has 1 heterocycles. The smallest absolute Gasteiger partial charge is 0.481 e. The monoisotopic (exact) mass is 360 g/mol. The van der Waals surface area contributed by atoms with E-state index in [1.165, 1.54) is 41.9 Å². The Labute approximate surface area is 140 Å². The van der Waals surface area contributed by atoms with E-state index in [1.807, 2.05) is 0 Å². The summed E-state index contributed by atoms with van der Waals surface area (Å²) in [6, 6.07) is 3.66. The molecule has 0 aliphatic heterocycles. The van der Waals surface area contributed by atoms with Gasteiger partial charge in [-0.25, -0.2) is 4.68 Å². The van der Waals surface area contributed by atoms with Gasteiger partial charge >= 0.3 is 6.36 Å². The van der Waals surface area contributed by atoms with Gasteiger partial charge in [0, 0.05) is 18.4 Å². The molecule has 130 valence electrons. The molecule has 0 amide bonds. The standard InChI is InChI=1S/C15H15F3N2O3S/c1-20-14(22-2)12(7-19-20)13(21)11-5-4-10(23-15(16,17)18)6-9(11)8-24-3/h4-7H,8H2,1-3H3. The summed E-state index contributed by atoms with van der Waals surface area (Å²) in [6.07, 6.45) is -1.63. The van der Waals surface area contributed by atoms with Crippen molar-refractivity contribution in [1.82, 2.24) is 9.78 Å². The zero-order valence-corrected chi connectivity index (χ0v) is 14.0. The number of carbonyl (C=O) groups excluding carboxylic acids is 1. The molecule has 0 saturated heterocycles. The Kier molecular flexibility index (Phi) is 5.43. The number of hydrogen-bond donors (Lipinski definition) is 0. The number of halogens is 3. The normalized spacial score (nSPS) is 11.4. The average Bonchev–Trinajstić information content (AvgIpc) is 2.86. The average molecular weight is 360 g/mol. The Bertz CT molecular complexity index is 744. The van der Waals surface area contributed by atoms with Gasteiger partial charge in [0.05, 0.1) is 13.3 Å². The third-order valence-electron chi connectivity index (χ3n) is 3.18. The molecule has 0 aliphatic rings. The molecule has 2 aromatic rings. The maximum Gasteiger partial charge on any atom is 0.573 e. The van der Waals surface area contributed by atoms with Gasteiger partial charge in [-0.2, -0.15) is 16.9 Å². The molecule has 0 aliphatic carbocycles. The third kappa shape index (κ3) is 4.02. The van der Waals surface area contributed by atoms with E-state index in [2.05, 4.69) is 9.84 Å². The molecule has 24 heavy (non-hydrogen) atoms. The van der Waals surface area contributed by atoms with Crippen LogP contribution in [0.5, 0.6) is 11.6 Å². The summed E-state index contributed by atoms with van der Waals surface area (Å²) >= 11 is 1.38. The molecule has 0 radical (unpaired) electrons. The predicted octanol–water partition coefficient (Wildman–Crippen LogP) is 3.42. The van der Waals surface area contributed by atoms with Gasteiger partial charge in [-0.1, -0.05) is 0 Å². The van der Waals surface area contributed by atoms with Crippen LogP contribution in [0.3, 0.4) is 0 Å². The number of rotatable bonds is 6. The van der Waals surface area contributed by atoms with Crippen molar-refractivity contribution in [2.75, 3.05) is 13.4 Å². The fraction of sp³-hybridized carbons (Fsp3) is 0.333. The largest absolute Gasteiger partial charge is 0.573 e.